The van der Waals surface area contributed by atoms with E-state index in [0.717, 1.165) is 27.3 Å². The molecule has 19 heavy (non-hydrogen) atoms. The van der Waals surface area contributed by atoms with Crippen LogP contribution >= 0.6 is 15.9 Å². The zero-order valence-corrected chi connectivity index (χ0v) is 11.6. The van der Waals surface area contributed by atoms with E-state index >= 15 is 0 Å². The average molecular weight is 315 g/mol. The standard InChI is InChI=1S/C16H11BrO2/c17-13-5-9-15(10-6-13)19-14-7-3-12(4-8-14)16-2-1-11-18-16/h1-11H. The van der Waals surface area contributed by atoms with E-state index in [1.54, 1.807) is 6.26 Å². The second kappa shape index (κ2) is 5.33. The van der Waals surface area contributed by atoms with Gasteiger partial charge in [0.05, 0.1) is 6.26 Å². The molecule has 3 rings (SSSR count). The van der Waals surface area contributed by atoms with Crippen molar-refractivity contribution < 1.29 is 9.15 Å². The monoisotopic (exact) mass is 314 g/mol. The van der Waals surface area contributed by atoms with Gasteiger partial charge in [0.25, 0.3) is 0 Å². The Morgan fingerprint density at radius 2 is 1.42 bits per heavy atom. The van der Waals surface area contributed by atoms with Crippen LogP contribution in [0.5, 0.6) is 11.5 Å². The minimum absolute atomic E-state index is 0.803. The maximum atomic E-state index is 5.75. The molecule has 0 unspecified atom stereocenters. The number of furan rings is 1. The summed E-state index contributed by atoms with van der Waals surface area (Å²) in [5.74, 6) is 2.47. The zero-order valence-electron chi connectivity index (χ0n) is 10.0. The second-order valence-corrected chi connectivity index (χ2v) is 4.97. The Labute approximate surface area is 119 Å². The topological polar surface area (TPSA) is 22.4 Å². The first kappa shape index (κ1) is 12.1. The molecule has 0 saturated carbocycles. The van der Waals surface area contributed by atoms with Gasteiger partial charge in [0.1, 0.15) is 17.3 Å². The summed E-state index contributed by atoms with van der Waals surface area (Å²) in [7, 11) is 0. The molecule has 3 heteroatoms. The van der Waals surface area contributed by atoms with Crippen molar-refractivity contribution in [3.63, 3.8) is 0 Å². The summed E-state index contributed by atoms with van der Waals surface area (Å²) in [5.41, 5.74) is 1.04. The zero-order chi connectivity index (χ0) is 13.1. The third-order valence-corrected chi connectivity index (χ3v) is 3.24. The smallest absolute Gasteiger partial charge is 0.133 e. The largest absolute Gasteiger partial charge is 0.464 e. The molecule has 0 aliphatic heterocycles. The summed E-state index contributed by atoms with van der Waals surface area (Å²) in [5, 5.41) is 0. The summed E-state index contributed by atoms with van der Waals surface area (Å²) < 4.78 is 12.1. The van der Waals surface area contributed by atoms with E-state index in [0.29, 0.717) is 0 Å². The highest BCUT2D eigenvalue weighted by atomic mass is 79.9. The van der Waals surface area contributed by atoms with Crippen LogP contribution in [0.4, 0.5) is 0 Å². The van der Waals surface area contributed by atoms with Gasteiger partial charge in [-0.15, -0.1) is 0 Å². The van der Waals surface area contributed by atoms with E-state index in [-0.39, 0.29) is 0 Å². The summed E-state index contributed by atoms with van der Waals surface area (Å²) in [4.78, 5) is 0. The van der Waals surface area contributed by atoms with Crippen molar-refractivity contribution in [1.29, 1.82) is 0 Å². The highest BCUT2D eigenvalue weighted by Crippen LogP contribution is 2.26. The fourth-order valence-corrected chi connectivity index (χ4v) is 2.03. The first-order valence-corrected chi connectivity index (χ1v) is 6.68. The SMILES string of the molecule is Brc1ccc(Oc2ccc(-c3ccco3)cc2)cc1. The van der Waals surface area contributed by atoms with Gasteiger partial charge >= 0.3 is 0 Å². The number of benzene rings is 2. The van der Waals surface area contributed by atoms with Crippen LogP contribution in [0.15, 0.2) is 75.8 Å². The van der Waals surface area contributed by atoms with E-state index in [9.17, 15) is 0 Å². The predicted octanol–water partition coefficient (Wildman–Crippen LogP) is 5.50. The van der Waals surface area contributed by atoms with Gasteiger partial charge < -0.3 is 9.15 Å². The lowest BCUT2D eigenvalue weighted by molar-refractivity contribution is 0.482. The van der Waals surface area contributed by atoms with Crippen molar-refractivity contribution in [1.82, 2.24) is 0 Å². The quantitative estimate of drug-likeness (QED) is 0.636. The molecule has 0 bridgehead atoms. The lowest BCUT2D eigenvalue weighted by Crippen LogP contribution is -1.83. The Kier molecular flexibility index (Phi) is 3.38. The van der Waals surface area contributed by atoms with Crippen LogP contribution in [0.3, 0.4) is 0 Å². The molecular weight excluding hydrogens is 304 g/mol. The van der Waals surface area contributed by atoms with Gasteiger partial charge in [0.2, 0.25) is 0 Å². The molecular formula is C16H11BrO2. The lowest BCUT2D eigenvalue weighted by atomic mass is 10.2. The van der Waals surface area contributed by atoms with E-state index < -0.39 is 0 Å². The summed E-state index contributed by atoms with van der Waals surface area (Å²) in [6.07, 6.45) is 1.67. The van der Waals surface area contributed by atoms with E-state index in [1.165, 1.54) is 0 Å². The molecule has 0 saturated heterocycles. The van der Waals surface area contributed by atoms with E-state index in [2.05, 4.69) is 15.9 Å². The Morgan fingerprint density at radius 1 is 0.789 bits per heavy atom. The highest BCUT2D eigenvalue weighted by Gasteiger charge is 2.01. The second-order valence-electron chi connectivity index (χ2n) is 4.06. The molecule has 0 fully saturated rings. The maximum absolute atomic E-state index is 5.75. The molecule has 0 radical (unpaired) electrons. The molecule has 3 aromatic rings. The molecule has 0 atom stereocenters. The minimum Gasteiger partial charge on any atom is -0.464 e. The maximum Gasteiger partial charge on any atom is 0.133 e. The Morgan fingerprint density at radius 3 is 2.00 bits per heavy atom. The molecule has 1 heterocycles. The molecule has 0 amide bonds. The molecule has 0 spiro atoms. The Bertz CT molecular complexity index is 640. The van der Waals surface area contributed by atoms with Crippen LogP contribution in [-0.2, 0) is 0 Å². The molecule has 0 aliphatic rings. The Hall–Kier alpha value is -2.00. The van der Waals surface area contributed by atoms with Crippen molar-refractivity contribution in [2.45, 2.75) is 0 Å². The van der Waals surface area contributed by atoms with Crippen LogP contribution in [0, 0.1) is 0 Å². The van der Waals surface area contributed by atoms with Crippen LogP contribution in [-0.4, -0.2) is 0 Å². The minimum atomic E-state index is 0.803. The number of ether oxygens (including phenoxy) is 1. The highest BCUT2D eigenvalue weighted by molar-refractivity contribution is 9.10. The first-order chi connectivity index (χ1) is 9.31. The first-order valence-electron chi connectivity index (χ1n) is 5.89. The molecule has 2 aromatic carbocycles. The molecule has 0 N–H and O–H groups in total. The van der Waals surface area contributed by atoms with Gasteiger partial charge in [-0.1, -0.05) is 15.9 Å². The van der Waals surface area contributed by atoms with E-state index in [4.69, 9.17) is 9.15 Å². The van der Waals surface area contributed by atoms with Crippen LogP contribution in [0.1, 0.15) is 0 Å². The molecule has 94 valence electrons. The number of hydrogen-bond donors (Lipinski definition) is 0. The van der Waals surface area contributed by atoms with Crippen molar-refractivity contribution in [3.8, 4) is 22.8 Å². The average Bonchev–Trinajstić information content (AvgIpc) is 2.96. The van der Waals surface area contributed by atoms with Crippen molar-refractivity contribution >= 4 is 15.9 Å². The fraction of sp³-hybridized carbons (Fsp3) is 0. The summed E-state index contributed by atoms with van der Waals surface area (Å²) in [6, 6.07) is 19.4. The predicted molar refractivity (Wildman–Crippen MR) is 78.4 cm³/mol. The van der Waals surface area contributed by atoms with Gasteiger partial charge in [-0.3, -0.25) is 0 Å². The van der Waals surface area contributed by atoms with Gasteiger partial charge in [0, 0.05) is 10.0 Å². The molecule has 2 nitrogen and oxygen atoms in total. The van der Waals surface area contributed by atoms with Crippen LogP contribution < -0.4 is 4.74 Å². The molecule has 1 aromatic heterocycles. The number of hydrogen-bond acceptors (Lipinski definition) is 2. The number of halogens is 1. The van der Waals surface area contributed by atoms with Gasteiger partial charge in [-0.05, 0) is 60.7 Å². The Balaban J connectivity index is 1.77. The van der Waals surface area contributed by atoms with Crippen LogP contribution in [0.2, 0.25) is 0 Å². The normalized spacial score (nSPS) is 10.4. The van der Waals surface area contributed by atoms with Gasteiger partial charge in [-0.25, -0.2) is 0 Å². The van der Waals surface area contributed by atoms with Crippen molar-refractivity contribution in [2.75, 3.05) is 0 Å². The van der Waals surface area contributed by atoms with Crippen LogP contribution in [0.25, 0.3) is 11.3 Å². The molecule has 0 aliphatic carbocycles. The van der Waals surface area contributed by atoms with E-state index in [1.807, 2.05) is 60.7 Å². The number of rotatable bonds is 3. The fourth-order valence-electron chi connectivity index (χ4n) is 1.77. The van der Waals surface area contributed by atoms with Gasteiger partial charge in [0.15, 0.2) is 0 Å². The summed E-state index contributed by atoms with van der Waals surface area (Å²) >= 11 is 3.40. The lowest BCUT2D eigenvalue weighted by Gasteiger charge is -2.06. The van der Waals surface area contributed by atoms with Gasteiger partial charge in [-0.2, -0.15) is 0 Å². The van der Waals surface area contributed by atoms with Crippen molar-refractivity contribution in [3.05, 3.63) is 71.4 Å². The van der Waals surface area contributed by atoms with Crippen molar-refractivity contribution in [2.24, 2.45) is 0 Å². The third-order valence-electron chi connectivity index (χ3n) is 2.71. The third kappa shape index (κ3) is 2.88. The summed E-state index contributed by atoms with van der Waals surface area (Å²) in [6.45, 7) is 0.